The monoisotopic (exact) mass is 376 g/mol. The third-order valence-corrected chi connectivity index (χ3v) is 3.84. The Labute approximate surface area is 144 Å². The Morgan fingerprint density at radius 2 is 2.04 bits per heavy atom. The Bertz CT molecular complexity index is 779. The second kappa shape index (κ2) is 6.54. The number of carbonyl (C=O) groups is 1. The van der Waals surface area contributed by atoms with Crippen LogP contribution in [0.15, 0.2) is 30.5 Å². The Hall–Kier alpha value is -2.30. The Morgan fingerprint density at radius 3 is 2.64 bits per heavy atom. The van der Waals surface area contributed by atoms with Crippen LogP contribution in [0.4, 0.5) is 19.0 Å². The largest absolute Gasteiger partial charge is 0.573 e. The maximum absolute atomic E-state index is 12.1. The van der Waals surface area contributed by atoms with Crippen LogP contribution in [0.1, 0.15) is 11.1 Å². The van der Waals surface area contributed by atoms with Crippen molar-refractivity contribution in [2.45, 2.75) is 25.4 Å². The lowest BCUT2D eigenvalue weighted by atomic mass is 10.1. The van der Waals surface area contributed by atoms with Gasteiger partial charge in [0.1, 0.15) is 11.8 Å². The standard InChI is InChI=1S/C14H12ClF3N4O3/c15-19-11-5-9-7-21(20-12(9)22(24)13(11)23)6-8-1-3-10(4-2-8)25-14(16,17)18/h1-4,7,11,19,24H,5-6H2/t11-/m0/s1. The lowest BCUT2D eigenvalue weighted by Crippen LogP contribution is -2.47. The number of alkyl halides is 3. The molecule has 0 bridgehead atoms. The first kappa shape index (κ1) is 17.5. The van der Waals surface area contributed by atoms with Gasteiger partial charge >= 0.3 is 6.36 Å². The molecule has 134 valence electrons. The van der Waals surface area contributed by atoms with Crippen LogP contribution in [0.5, 0.6) is 5.75 Å². The summed E-state index contributed by atoms with van der Waals surface area (Å²) in [7, 11) is 0. The van der Waals surface area contributed by atoms with Gasteiger partial charge in [0.15, 0.2) is 5.82 Å². The average Bonchev–Trinajstić information content (AvgIpc) is 2.94. The molecule has 0 saturated carbocycles. The molecule has 0 unspecified atom stereocenters. The van der Waals surface area contributed by atoms with E-state index in [2.05, 4.69) is 14.7 Å². The molecule has 25 heavy (non-hydrogen) atoms. The molecule has 0 spiro atoms. The first-order valence-electron chi connectivity index (χ1n) is 7.07. The minimum atomic E-state index is -4.74. The summed E-state index contributed by atoms with van der Waals surface area (Å²) >= 11 is 5.48. The highest BCUT2D eigenvalue weighted by Crippen LogP contribution is 2.26. The summed E-state index contributed by atoms with van der Waals surface area (Å²) in [6, 6.07) is 4.55. The minimum absolute atomic E-state index is 0.102. The van der Waals surface area contributed by atoms with Gasteiger partial charge in [-0.15, -0.1) is 13.2 Å². The van der Waals surface area contributed by atoms with Gasteiger partial charge < -0.3 is 4.74 Å². The summed E-state index contributed by atoms with van der Waals surface area (Å²) in [4.78, 5) is 14.1. The summed E-state index contributed by atoms with van der Waals surface area (Å²) in [5.74, 6) is -0.842. The number of ether oxygens (including phenoxy) is 1. The zero-order valence-electron chi connectivity index (χ0n) is 12.5. The molecule has 1 atom stereocenters. The topological polar surface area (TPSA) is 79.6 Å². The molecule has 11 heteroatoms. The van der Waals surface area contributed by atoms with Crippen molar-refractivity contribution in [1.29, 1.82) is 0 Å². The number of hydrogen-bond donors (Lipinski definition) is 2. The quantitative estimate of drug-likeness (QED) is 0.632. The van der Waals surface area contributed by atoms with Gasteiger partial charge in [0.05, 0.1) is 6.54 Å². The number of amides is 1. The Kier molecular flexibility index (Phi) is 4.58. The van der Waals surface area contributed by atoms with Crippen LogP contribution in [0, 0.1) is 0 Å². The maximum Gasteiger partial charge on any atom is 0.573 e. The number of anilines is 1. The highest BCUT2D eigenvalue weighted by molar-refractivity contribution is 6.16. The fourth-order valence-electron chi connectivity index (χ4n) is 2.48. The van der Waals surface area contributed by atoms with Crippen LogP contribution < -0.4 is 14.6 Å². The van der Waals surface area contributed by atoms with Crippen LogP contribution in [0.3, 0.4) is 0 Å². The first-order chi connectivity index (χ1) is 11.8. The normalized spacial score (nSPS) is 17.6. The van der Waals surface area contributed by atoms with Crippen molar-refractivity contribution in [3.63, 3.8) is 0 Å². The van der Waals surface area contributed by atoms with E-state index >= 15 is 0 Å². The predicted molar refractivity (Wildman–Crippen MR) is 80.2 cm³/mol. The van der Waals surface area contributed by atoms with Crippen molar-refractivity contribution in [1.82, 2.24) is 14.6 Å². The number of carbonyl (C=O) groups excluding carboxylic acids is 1. The van der Waals surface area contributed by atoms with E-state index < -0.39 is 18.3 Å². The highest BCUT2D eigenvalue weighted by Gasteiger charge is 2.34. The second-order valence-corrected chi connectivity index (χ2v) is 5.60. The summed E-state index contributed by atoms with van der Waals surface area (Å²) in [5, 5.41) is 14.4. The van der Waals surface area contributed by atoms with Crippen molar-refractivity contribution >= 4 is 23.5 Å². The van der Waals surface area contributed by atoms with E-state index in [0.717, 1.165) is 0 Å². The smallest absolute Gasteiger partial charge is 0.406 e. The number of hydroxylamine groups is 1. The van der Waals surface area contributed by atoms with Gasteiger partial charge in [0, 0.05) is 18.2 Å². The second-order valence-electron chi connectivity index (χ2n) is 5.38. The van der Waals surface area contributed by atoms with E-state index in [4.69, 9.17) is 11.8 Å². The van der Waals surface area contributed by atoms with Crippen LogP contribution in [-0.2, 0) is 17.8 Å². The van der Waals surface area contributed by atoms with Crippen LogP contribution >= 0.6 is 11.8 Å². The van der Waals surface area contributed by atoms with Gasteiger partial charge in [0.25, 0.3) is 5.91 Å². The van der Waals surface area contributed by atoms with Crippen molar-refractivity contribution < 1.29 is 27.9 Å². The lowest BCUT2D eigenvalue weighted by molar-refractivity contribution is -0.274. The number of fused-ring (bicyclic) bond motifs is 1. The van der Waals surface area contributed by atoms with Crippen molar-refractivity contribution in [3.8, 4) is 5.75 Å². The number of halogens is 4. The third-order valence-electron chi connectivity index (χ3n) is 3.58. The van der Waals surface area contributed by atoms with E-state index in [9.17, 15) is 23.2 Å². The molecule has 1 aromatic heterocycles. The molecule has 1 aliphatic rings. The summed E-state index contributed by atoms with van der Waals surface area (Å²) in [6.07, 6.45) is -2.86. The van der Waals surface area contributed by atoms with Crippen LogP contribution in [0.25, 0.3) is 0 Å². The van der Waals surface area contributed by atoms with E-state index in [1.165, 1.54) is 28.9 Å². The fraction of sp³-hybridized carbons (Fsp3) is 0.286. The minimum Gasteiger partial charge on any atom is -0.406 e. The summed E-state index contributed by atoms with van der Waals surface area (Å²) < 4.78 is 41.7. The highest BCUT2D eigenvalue weighted by atomic mass is 35.5. The molecule has 0 fully saturated rings. The number of rotatable bonds is 4. The van der Waals surface area contributed by atoms with Crippen molar-refractivity contribution in [3.05, 3.63) is 41.6 Å². The number of aromatic nitrogens is 2. The van der Waals surface area contributed by atoms with Gasteiger partial charge in [-0.25, -0.2) is 4.84 Å². The van der Waals surface area contributed by atoms with Gasteiger partial charge in [-0.2, -0.15) is 10.2 Å². The van der Waals surface area contributed by atoms with Gasteiger partial charge in [0.2, 0.25) is 0 Å². The van der Waals surface area contributed by atoms with Crippen molar-refractivity contribution in [2.75, 3.05) is 5.06 Å². The van der Waals surface area contributed by atoms with Gasteiger partial charge in [-0.3, -0.25) is 14.7 Å². The molecule has 0 saturated heterocycles. The van der Waals surface area contributed by atoms with Gasteiger partial charge in [-0.05, 0) is 29.5 Å². The molecule has 0 radical (unpaired) electrons. The number of nitrogens with zero attached hydrogens (tertiary/aromatic N) is 3. The summed E-state index contributed by atoms with van der Waals surface area (Å²) in [5.41, 5.74) is 1.27. The molecule has 3 rings (SSSR count). The van der Waals surface area contributed by atoms with E-state index in [0.29, 0.717) is 16.2 Å². The molecule has 1 amide bonds. The Balaban J connectivity index is 1.75. The van der Waals surface area contributed by atoms with Crippen molar-refractivity contribution in [2.24, 2.45) is 0 Å². The molecule has 1 aliphatic heterocycles. The molecule has 0 aliphatic carbocycles. The molecular formula is C14H12ClF3N4O3. The number of hydrogen-bond acceptors (Lipinski definition) is 5. The van der Waals surface area contributed by atoms with E-state index in [-0.39, 0.29) is 24.5 Å². The zero-order chi connectivity index (χ0) is 18.2. The zero-order valence-corrected chi connectivity index (χ0v) is 13.3. The molecule has 2 aromatic rings. The average molecular weight is 377 g/mol. The molecule has 1 aromatic carbocycles. The summed E-state index contributed by atoms with van der Waals surface area (Å²) in [6.45, 7) is 0.236. The van der Waals surface area contributed by atoms with E-state index in [1.54, 1.807) is 6.20 Å². The van der Waals surface area contributed by atoms with Crippen LogP contribution in [0.2, 0.25) is 0 Å². The molecule has 2 N–H and O–H groups in total. The van der Waals surface area contributed by atoms with E-state index in [1.807, 2.05) is 0 Å². The Morgan fingerprint density at radius 1 is 1.36 bits per heavy atom. The molecule has 7 nitrogen and oxygen atoms in total. The van der Waals surface area contributed by atoms with Crippen LogP contribution in [-0.4, -0.2) is 33.3 Å². The number of nitrogens with one attached hydrogen (secondary N) is 1. The lowest BCUT2D eigenvalue weighted by Gasteiger charge is -2.24. The molecular weight excluding hydrogens is 365 g/mol. The molecule has 2 heterocycles. The van der Waals surface area contributed by atoms with Gasteiger partial charge in [-0.1, -0.05) is 12.1 Å². The maximum atomic E-state index is 12.1. The third kappa shape index (κ3) is 3.86. The fourth-order valence-corrected chi connectivity index (χ4v) is 2.65. The predicted octanol–water partition coefficient (Wildman–Crippen LogP) is 2.22. The first-order valence-corrected chi connectivity index (χ1v) is 7.44. The SMILES string of the molecule is O=C1[C@@H](NCl)Cc2cn(Cc3ccc(OC(F)(F)F)cc3)nc2N1O. The number of benzene rings is 1.